The van der Waals surface area contributed by atoms with E-state index in [2.05, 4.69) is 0 Å². The van der Waals surface area contributed by atoms with Crippen molar-refractivity contribution < 1.29 is 19.8 Å². The summed E-state index contributed by atoms with van der Waals surface area (Å²) in [6.45, 7) is 0. The van der Waals surface area contributed by atoms with Crippen LogP contribution in [-0.2, 0) is 15.0 Å². The van der Waals surface area contributed by atoms with E-state index in [1.165, 1.54) is 0 Å². The lowest BCUT2D eigenvalue weighted by molar-refractivity contribution is -0.316. The van der Waals surface area contributed by atoms with Gasteiger partial charge >= 0.3 is 0 Å². The van der Waals surface area contributed by atoms with Gasteiger partial charge in [-0.25, -0.2) is 0 Å². The summed E-state index contributed by atoms with van der Waals surface area (Å²) in [6.07, 6.45) is 0. The van der Waals surface area contributed by atoms with Crippen LogP contribution in [0, 0.1) is 11.8 Å². The highest BCUT2D eigenvalue weighted by Crippen LogP contribution is 2.63. The molecule has 0 unspecified atom stereocenters. The SMILES string of the molecule is O=C([O-])[C@@H]1[C@H](C(=O)[O-])C1(c1ccccc1)c1ccccc1. The Labute approximate surface area is 121 Å². The minimum Gasteiger partial charge on any atom is -0.550 e. The highest BCUT2D eigenvalue weighted by molar-refractivity contribution is 5.91. The predicted molar refractivity (Wildman–Crippen MR) is 70.7 cm³/mol. The number of benzene rings is 2. The van der Waals surface area contributed by atoms with E-state index in [0.717, 1.165) is 0 Å². The molecule has 1 fully saturated rings. The summed E-state index contributed by atoms with van der Waals surface area (Å²) < 4.78 is 0. The van der Waals surface area contributed by atoms with Crippen molar-refractivity contribution in [2.75, 3.05) is 0 Å². The first-order chi connectivity index (χ1) is 10.1. The smallest absolute Gasteiger partial charge is 0.0464 e. The third-order valence-electron chi connectivity index (χ3n) is 4.22. The number of hydrogen-bond acceptors (Lipinski definition) is 4. The zero-order valence-corrected chi connectivity index (χ0v) is 11.1. The number of rotatable bonds is 4. The number of carboxylic acids is 2. The van der Waals surface area contributed by atoms with Gasteiger partial charge in [0, 0.05) is 29.2 Å². The van der Waals surface area contributed by atoms with Crippen LogP contribution in [0.1, 0.15) is 11.1 Å². The molecule has 2 aromatic carbocycles. The van der Waals surface area contributed by atoms with Crippen molar-refractivity contribution in [3.8, 4) is 0 Å². The molecule has 4 nitrogen and oxygen atoms in total. The zero-order valence-electron chi connectivity index (χ0n) is 11.1. The number of carboxylic acid groups (broad SMARTS) is 2. The second-order valence-electron chi connectivity index (χ2n) is 5.19. The third kappa shape index (κ3) is 1.83. The molecule has 0 heterocycles. The fourth-order valence-corrected chi connectivity index (χ4v) is 3.34. The quantitative estimate of drug-likeness (QED) is 0.771. The standard InChI is InChI=1S/C17H14O4/c18-15(19)13-14(16(20)21)17(13,11-7-3-1-4-8-11)12-9-5-2-6-10-12/h1-10,13-14H,(H,18,19)(H,20,21)/p-2/t13-,14+. The first-order valence-electron chi connectivity index (χ1n) is 6.63. The van der Waals surface area contributed by atoms with Gasteiger partial charge in [-0.1, -0.05) is 60.7 Å². The van der Waals surface area contributed by atoms with Crippen molar-refractivity contribution in [3.63, 3.8) is 0 Å². The lowest BCUT2D eigenvalue weighted by Crippen LogP contribution is -2.30. The maximum atomic E-state index is 11.4. The van der Waals surface area contributed by atoms with E-state index in [1.807, 2.05) is 0 Å². The summed E-state index contributed by atoms with van der Waals surface area (Å²) in [5.74, 6) is -4.96. The molecule has 2 atom stereocenters. The van der Waals surface area contributed by atoms with Crippen LogP contribution in [0.2, 0.25) is 0 Å². The van der Waals surface area contributed by atoms with E-state index in [0.29, 0.717) is 11.1 Å². The zero-order chi connectivity index (χ0) is 15.0. The molecule has 0 bridgehead atoms. The van der Waals surface area contributed by atoms with E-state index in [-0.39, 0.29) is 0 Å². The summed E-state index contributed by atoms with van der Waals surface area (Å²) in [7, 11) is 0. The van der Waals surface area contributed by atoms with Gasteiger partial charge in [-0.2, -0.15) is 0 Å². The van der Waals surface area contributed by atoms with Gasteiger partial charge in [-0.3, -0.25) is 0 Å². The summed E-state index contributed by atoms with van der Waals surface area (Å²) in [6, 6.07) is 17.6. The van der Waals surface area contributed by atoms with Crippen LogP contribution in [0.5, 0.6) is 0 Å². The van der Waals surface area contributed by atoms with Crippen LogP contribution in [0.4, 0.5) is 0 Å². The Morgan fingerprint density at radius 3 is 1.33 bits per heavy atom. The van der Waals surface area contributed by atoms with Crippen LogP contribution >= 0.6 is 0 Å². The Bertz CT molecular complexity index is 617. The molecule has 1 aliphatic carbocycles. The van der Waals surface area contributed by atoms with E-state index in [4.69, 9.17) is 0 Å². The molecular weight excluding hydrogens is 268 g/mol. The predicted octanol–water partition coefficient (Wildman–Crippen LogP) is -0.281. The van der Waals surface area contributed by atoms with Crippen LogP contribution in [0.15, 0.2) is 60.7 Å². The Kier molecular flexibility index (Phi) is 3.01. The third-order valence-corrected chi connectivity index (χ3v) is 4.22. The first kappa shape index (κ1) is 13.4. The van der Waals surface area contributed by atoms with E-state index >= 15 is 0 Å². The van der Waals surface area contributed by atoms with Crippen molar-refractivity contribution in [1.82, 2.24) is 0 Å². The Hall–Kier alpha value is -2.62. The molecule has 3 rings (SSSR count). The molecule has 2 aromatic rings. The molecule has 21 heavy (non-hydrogen) atoms. The molecule has 0 aromatic heterocycles. The van der Waals surface area contributed by atoms with Gasteiger partial charge in [-0.15, -0.1) is 0 Å². The second kappa shape index (κ2) is 4.74. The molecule has 0 radical (unpaired) electrons. The van der Waals surface area contributed by atoms with E-state index in [1.54, 1.807) is 60.7 Å². The number of aliphatic carboxylic acids is 2. The summed E-state index contributed by atoms with van der Waals surface area (Å²) in [5.41, 5.74) is 0.194. The maximum Gasteiger partial charge on any atom is 0.0464 e. The second-order valence-corrected chi connectivity index (χ2v) is 5.19. The van der Waals surface area contributed by atoms with Crippen molar-refractivity contribution in [2.24, 2.45) is 11.8 Å². The first-order valence-corrected chi connectivity index (χ1v) is 6.63. The summed E-state index contributed by atoms with van der Waals surface area (Å²) >= 11 is 0. The van der Waals surface area contributed by atoms with Crippen molar-refractivity contribution in [3.05, 3.63) is 71.8 Å². The summed E-state index contributed by atoms with van der Waals surface area (Å²) in [5, 5.41) is 22.9. The Balaban J connectivity index is 2.23. The molecule has 0 aliphatic heterocycles. The fraction of sp³-hybridized carbons (Fsp3) is 0.176. The lowest BCUT2D eigenvalue weighted by atomic mass is 9.84. The largest absolute Gasteiger partial charge is 0.550 e. The van der Waals surface area contributed by atoms with Crippen LogP contribution < -0.4 is 10.2 Å². The topological polar surface area (TPSA) is 80.3 Å². The van der Waals surface area contributed by atoms with Crippen LogP contribution in [0.25, 0.3) is 0 Å². The Morgan fingerprint density at radius 2 is 1.05 bits per heavy atom. The minimum atomic E-state index is -1.36. The van der Waals surface area contributed by atoms with Crippen molar-refractivity contribution >= 4 is 11.9 Å². The number of hydrogen-bond donors (Lipinski definition) is 0. The van der Waals surface area contributed by atoms with Gasteiger partial charge in [0.05, 0.1) is 0 Å². The molecule has 0 amide bonds. The van der Waals surface area contributed by atoms with Crippen LogP contribution in [-0.4, -0.2) is 11.9 Å². The van der Waals surface area contributed by atoms with Gasteiger partial charge in [0.25, 0.3) is 0 Å². The minimum absolute atomic E-state index is 0.652. The molecule has 1 saturated carbocycles. The van der Waals surface area contributed by atoms with E-state index < -0.39 is 29.2 Å². The molecule has 0 spiro atoms. The average molecular weight is 280 g/mol. The molecule has 1 aliphatic rings. The molecule has 106 valence electrons. The molecular formula is C17H12O4-2. The normalized spacial score (nSPS) is 22.5. The lowest BCUT2D eigenvalue weighted by Gasteiger charge is -2.20. The van der Waals surface area contributed by atoms with Gasteiger partial charge in [0.2, 0.25) is 0 Å². The highest BCUT2D eigenvalue weighted by atomic mass is 16.4. The van der Waals surface area contributed by atoms with Gasteiger partial charge in [-0.05, 0) is 11.1 Å². The van der Waals surface area contributed by atoms with Crippen molar-refractivity contribution in [1.29, 1.82) is 0 Å². The van der Waals surface area contributed by atoms with Crippen molar-refractivity contribution in [2.45, 2.75) is 5.41 Å². The van der Waals surface area contributed by atoms with Gasteiger partial charge < -0.3 is 19.8 Å². The molecule has 4 heteroatoms. The Morgan fingerprint density at radius 1 is 0.714 bits per heavy atom. The molecule has 0 N–H and O–H groups in total. The highest BCUT2D eigenvalue weighted by Gasteiger charge is 2.67. The fourth-order valence-electron chi connectivity index (χ4n) is 3.34. The number of carbonyl (C=O) groups is 2. The van der Waals surface area contributed by atoms with E-state index in [9.17, 15) is 19.8 Å². The summed E-state index contributed by atoms with van der Waals surface area (Å²) in [4.78, 5) is 22.9. The van der Waals surface area contributed by atoms with Gasteiger partial charge in [0.1, 0.15) is 0 Å². The average Bonchev–Trinajstić information content (AvgIpc) is 3.21. The molecule has 0 saturated heterocycles. The monoisotopic (exact) mass is 280 g/mol. The number of carbonyl (C=O) groups excluding carboxylic acids is 2. The maximum absolute atomic E-state index is 11.4. The van der Waals surface area contributed by atoms with Gasteiger partial charge in [0.15, 0.2) is 0 Å². The van der Waals surface area contributed by atoms with Crippen LogP contribution in [0.3, 0.4) is 0 Å².